The van der Waals surface area contributed by atoms with Crippen molar-refractivity contribution in [2.75, 3.05) is 7.05 Å². The van der Waals surface area contributed by atoms with Crippen molar-refractivity contribution in [3.8, 4) is 0 Å². The van der Waals surface area contributed by atoms with Gasteiger partial charge in [0.1, 0.15) is 5.82 Å². The molecule has 1 rings (SSSR count). The second-order valence-corrected chi connectivity index (χ2v) is 5.38. The SMILES string of the molecule is CNC(CCC(C)(C)C)c1cncc(F)c1. The van der Waals surface area contributed by atoms with Crippen LogP contribution in [0, 0.1) is 11.2 Å². The molecule has 3 heteroatoms. The van der Waals surface area contributed by atoms with Gasteiger partial charge in [0, 0.05) is 12.2 Å². The summed E-state index contributed by atoms with van der Waals surface area (Å²) in [5.41, 5.74) is 1.22. The molecule has 0 aliphatic carbocycles. The summed E-state index contributed by atoms with van der Waals surface area (Å²) in [4.78, 5) is 3.88. The molecule has 0 saturated heterocycles. The van der Waals surface area contributed by atoms with Crippen molar-refractivity contribution in [2.24, 2.45) is 5.41 Å². The van der Waals surface area contributed by atoms with Gasteiger partial charge in [0.05, 0.1) is 6.20 Å². The van der Waals surface area contributed by atoms with Crippen LogP contribution in [0.2, 0.25) is 0 Å². The topological polar surface area (TPSA) is 24.9 Å². The predicted molar refractivity (Wildman–Crippen MR) is 64.7 cm³/mol. The molecule has 0 amide bonds. The number of aromatic nitrogens is 1. The fourth-order valence-corrected chi connectivity index (χ4v) is 1.67. The Morgan fingerprint density at radius 1 is 1.38 bits per heavy atom. The Bertz CT molecular complexity index is 331. The number of hydrogen-bond acceptors (Lipinski definition) is 2. The van der Waals surface area contributed by atoms with Gasteiger partial charge in [-0.3, -0.25) is 4.98 Å². The molecule has 90 valence electrons. The van der Waals surface area contributed by atoms with Gasteiger partial charge in [0.25, 0.3) is 0 Å². The maximum absolute atomic E-state index is 13.0. The van der Waals surface area contributed by atoms with E-state index in [1.165, 1.54) is 6.20 Å². The predicted octanol–water partition coefficient (Wildman–Crippen LogP) is 3.31. The summed E-state index contributed by atoms with van der Waals surface area (Å²) in [5.74, 6) is -0.270. The Morgan fingerprint density at radius 2 is 2.06 bits per heavy atom. The van der Waals surface area contributed by atoms with E-state index in [1.54, 1.807) is 12.3 Å². The Morgan fingerprint density at radius 3 is 2.56 bits per heavy atom. The molecule has 2 nitrogen and oxygen atoms in total. The van der Waals surface area contributed by atoms with Crippen LogP contribution >= 0.6 is 0 Å². The lowest BCUT2D eigenvalue weighted by Gasteiger charge is -2.23. The molecule has 0 aliphatic rings. The number of halogens is 1. The normalized spacial score (nSPS) is 13.8. The molecular formula is C13H21FN2. The van der Waals surface area contributed by atoms with Crippen LogP contribution < -0.4 is 5.32 Å². The minimum absolute atomic E-state index is 0.183. The first-order chi connectivity index (χ1) is 7.42. The molecule has 1 aromatic heterocycles. The van der Waals surface area contributed by atoms with Gasteiger partial charge in [0.15, 0.2) is 0 Å². The lowest BCUT2D eigenvalue weighted by Crippen LogP contribution is -2.19. The zero-order valence-corrected chi connectivity index (χ0v) is 10.5. The minimum Gasteiger partial charge on any atom is -0.313 e. The molecule has 1 unspecified atom stereocenters. The second-order valence-electron chi connectivity index (χ2n) is 5.38. The van der Waals surface area contributed by atoms with E-state index in [-0.39, 0.29) is 11.9 Å². The monoisotopic (exact) mass is 224 g/mol. The average molecular weight is 224 g/mol. The quantitative estimate of drug-likeness (QED) is 0.848. The molecule has 0 saturated carbocycles. The Kier molecular flexibility index (Phi) is 4.42. The van der Waals surface area contributed by atoms with Gasteiger partial charge >= 0.3 is 0 Å². The lowest BCUT2D eigenvalue weighted by atomic mass is 9.87. The van der Waals surface area contributed by atoms with Gasteiger partial charge in [-0.05, 0) is 36.9 Å². The maximum Gasteiger partial charge on any atom is 0.141 e. The molecule has 0 aliphatic heterocycles. The third-order valence-corrected chi connectivity index (χ3v) is 2.66. The summed E-state index contributed by atoms with van der Waals surface area (Å²) in [5, 5.41) is 3.21. The molecule has 0 radical (unpaired) electrons. The molecule has 1 N–H and O–H groups in total. The number of hydrogen-bond donors (Lipinski definition) is 1. The summed E-state index contributed by atoms with van der Waals surface area (Å²) >= 11 is 0. The highest BCUT2D eigenvalue weighted by atomic mass is 19.1. The fraction of sp³-hybridized carbons (Fsp3) is 0.615. The smallest absolute Gasteiger partial charge is 0.141 e. The van der Waals surface area contributed by atoms with Crippen LogP contribution in [-0.2, 0) is 0 Å². The van der Waals surface area contributed by atoms with E-state index in [4.69, 9.17) is 0 Å². The van der Waals surface area contributed by atoms with Gasteiger partial charge in [-0.2, -0.15) is 0 Å². The van der Waals surface area contributed by atoms with Crippen LogP contribution in [0.3, 0.4) is 0 Å². The molecular weight excluding hydrogens is 203 g/mol. The van der Waals surface area contributed by atoms with E-state index in [0.717, 1.165) is 18.4 Å². The average Bonchev–Trinajstić information content (AvgIpc) is 2.17. The first-order valence-corrected chi connectivity index (χ1v) is 5.70. The van der Waals surface area contributed by atoms with E-state index in [2.05, 4.69) is 31.1 Å². The summed E-state index contributed by atoms with van der Waals surface area (Å²) in [6, 6.07) is 1.74. The van der Waals surface area contributed by atoms with Crippen LogP contribution in [0.15, 0.2) is 18.5 Å². The van der Waals surface area contributed by atoms with E-state index in [1.807, 2.05) is 7.05 Å². The van der Waals surface area contributed by atoms with Crippen molar-refractivity contribution in [3.63, 3.8) is 0 Å². The van der Waals surface area contributed by atoms with Crippen molar-refractivity contribution in [1.82, 2.24) is 10.3 Å². The molecule has 1 aromatic rings. The zero-order chi connectivity index (χ0) is 12.2. The van der Waals surface area contributed by atoms with Crippen LogP contribution in [0.25, 0.3) is 0 Å². The van der Waals surface area contributed by atoms with Crippen molar-refractivity contribution in [1.29, 1.82) is 0 Å². The van der Waals surface area contributed by atoms with Crippen LogP contribution in [0.1, 0.15) is 45.2 Å². The zero-order valence-electron chi connectivity index (χ0n) is 10.5. The first kappa shape index (κ1) is 13.1. The van der Waals surface area contributed by atoms with Crippen LogP contribution in [0.5, 0.6) is 0 Å². The number of pyridine rings is 1. The second kappa shape index (κ2) is 5.39. The maximum atomic E-state index is 13.0. The standard InChI is InChI=1S/C13H21FN2/c1-13(2,3)6-5-12(15-4)10-7-11(14)9-16-8-10/h7-9,12,15H,5-6H2,1-4H3. The largest absolute Gasteiger partial charge is 0.313 e. The summed E-state index contributed by atoms with van der Waals surface area (Å²) in [6.07, 6.45) is 5.05. The third-order valence-electron chi connectivity index (χ3n) is 2.66. The van der Waals surface area contributed by atoms with Gasteiger partial charge in [-0.15, -0.1) is 0 Å². The lowest BCUT2D eigenvalue weighted by molar-refractivity contribution is 0.337. The van der Waals surface area contributed by atoms with Gasteiger partial charge in [0.2, 0.25) is 0 Å². The number of rotatable bonds is 4. The van der Waals surface area contributed by atoms with E-state index >= 15 is 0 Å². The highest BCUT2D eigenvalue weighted by Gasteiger charge is 2.16. The molecule has 16 heavy (non-hydrogen) atoms. The van der Waals surface area contributed by atoms with E-state index in [0.29, 0.717) is 5.41 Å². The molecule has 0 fully saturated rings. The summed E-state index contributed by atoms with van der Waals surface area (Å²) < 4.78 is 13.0. The highest BCUT2D eigenvalue weighted by molar-refractivity contribution is 5.14. The number of nitrogens with one attached hydrogen (secondary N) is 1. The molecule has 0 spiro atoms. The summed E-state index contributed by atoms with van der Waals surface area (Å²) in [6.45, 7) is 6.64. The van der Waals surface area contributed by atoms with Gasteiger partial charge in [-0.25, -0.2) is 4.39 Å². The van der Waals surface area contributed by atoms with Crippen LogP contribution in [-0.4, -0.2) is 12.0 Å². The Balaban J connectivity index is 2.68. The first-order valence-electron chi connectivity index (χ1n) is 5.70. The van der Waals surface area contributed by atoms with Crippen molar-refractivity contribution in [3.05, 3.63) is 29.8 Å². The van der Waals surface area contributed by atoms with Crippen molar-refractivity contribution < 1.29 is 4.39 Å². The molecule has 1 heterocycles. The fourth-order valence-electron chi connectivity index (χ4n) is 1.67. The minimum atomic E-state index is -0.270. The van der Waals surface area contributed by atoms with Crippen molar-refractivity contribution >= 4 is 0 Å². The molecule has 0 aromatic carbocycles. The van der Waals surface area contributed by atoms with Crippen LogP contribution in [0.4, 0.5) is 4.39 Å². The summed E-state index contributed by atoms with van der Waals surface area (Å²) in [7, 11) is 1.90. The third kappa shape index (κ3) is 4.27. The number of nitrogens with zero attached hydrogens (tertiary/aromatic N) is 1. The van der Waals surface area contributed by atoms with E-state index < -0.39 is 0 Å². The highest BCUT2D eigenvalue weighted by Crippen LogP contribution is 2.27. The Labute approximate surface area is 97.3 Å². The molecule has 0 bridgehead atoms. The van der Waals surface area contributed by atoms with Crippen molar-refractivity contribution in [2.45, 2.75) is 39.7 Å². The van der Waals surface area contributed by atoms with Gasteiger partial charge in [-0.1, -0.05) is 20.8 Å². The van der Waals surface area contributed by atoms with E-state index in [9.17, 15) is 4.39 Å². The van der Waals surface area contributed by atoms with Gasteiger partial charge < -0.3 is 5.32 Å². The molecule has 1 atom stereocenters. The Hall–Kier alpha value is -0.960.